The Morgan fingerprint density at radius 1 is 1.65 bits per heavy atom. The molecule has 1 unspecified atom stereocenters. The van der Waals surface area contributed by atoms with Crippen LogP contribution >= 0.6 is 0 Å². The number of carbonyl (C=O) groups excluding carboxylic acids is 1. The minimum Gasteiger partial charge on any atom is -0.378 e. The fourth-order valence-corrected chi connectivity index (χ4v) is 2.30. The molecule has 0 aliphatic carbocycles. The predicted octanol–water partition coefficient (Wildman–Crippen LogP) is 2.35. The van der Waals surface area contributed by atoms with E-state index in [1.807, 2.05) is 19.9 Å². The second kappa shape index (κ2) is 5.45. The number of nitrogens with zero attached hydrogens (tertiary/aromatic N) is 2. The van der Waals surface area contributed by atoms with Crippen LogP contribution in [0.5, 0.6) is 0 Å². The zero-order chi connectivity index (χ0) is 12.3. The molecule has 1 fully saturated rings. The topological polar surface area (TPSA) is 44.1 Å². The van der Waals surface area contributed by atoms with Crippen molar-refractivity contribution in [1.82, 2.24) is 9.78 Å². The van der Waals surface area contributed by atoms with Crippen LogP contribution in [0.3, 0.4) is 0 Å². The third-order valence-electron chi connectivity index (χ3n) is 3.20. The number of hydrogen-bond acceptors (Lipinski definition) is 3. The van der Waals surface area contributed by atoms with Gasteiger partial charge in [0.15, 0.2) is 5.78 Å². The van der Waals surface area contributed by atoms with Crippen LogP contribution in [-0.4, -0.2) is 28.3 Å². The van der Waals surface area contributed by atoms with Gasteiger partial charge in [0.05, 0.1) is 11.8 Å². The van der Waals surface area contributed by atoms with Crippen molar-refractivity contribution in [2.75, 3.05) is 6.61 Å². The molecule has 1 aromatic heterocycles. The summed E-state index contributed by atoms with van der Waals surface area (Å²) in [6.07, 6.45) is 3.92. The van der Waals surface area contributed by atoms with Crippen LogP contribution in [0.15, 0.2) is 6.07 Å². The highest BCUT2D eigenvalue weighted by atomic mass is 16.5. The lowest BCUT2D eigenvalue weighted by Crippen LogP contribution is -2.13. The van der Waals surface area contributed by atoms with E-state index >= 15 is 0 Å². The van der Waals surface area contributed by atoms with Gasteiger partial charge in [0.1, 0.15) is 5.69 Å². The zero-order valence-electron chi connectivity index (χ0n) is 10.6. The van der Waals surface area contributed by atoms with E-state index in [0.717, 1.165) is 43.8 Å². The van der Waals surface area contributed by atoms with E-state index in [1.54, 1.807) is 4.68 Å². The Labute approximate surface area is 102 Å². The molecule has 2 heterocycles. The number of aromatic nitrogens is 2. The average Bonchev–Trinajstić information content (AvgIpc) is 2.94. The summed E-state index contributed by atoms with van der Waals surface area (Å²) < 4.78 is 7.31. The van der Waals surface area contributed by atoms with Crippen molar-refractivity contribution in [1.29, 1.82) is 0 Å². The highest BCUT2D eigenvalue weighted by Gasteiger charge is 2.19. The van der Waals surface area contributed by atoms with Gasteiger partial charge in [0.2, 0.25) is 0 Å². The van der Waals surface area contributed by atoms with Crippen molar-refractivity contribution in [3.8, 4) is 0 Å². The normalized spacial score (nSPS) is 19.8. The molecule has 0 bridgehead atoms. The Balaban J connectivity index is 1.93. The van der Waals surface area contributed by atoms with Crippen LogP contribution in [0.2, 0.25) is 0 Å². The summed E-state index contributed by atoms with van der Waals surface area (Å²) in [5, 5.41) is 4.29. The summed E-state index contributed by atoms with van der Waals surface area (Å²) in [4.78, 5) is 12.1. The molecule has 0 amide bonds. The molecule has 0 N–H and O–H groups in total. The second-order valence-electron chi connectivity index (χ2n) is 4.58. The van der Waals surface area contributed by atoms with Gasteiger partial charge < -0.3 is 4.74 Å². The molecule has 0 radical (unpaired) electrons. The number of carbonyl (C=O) groups is 1. The van der Waals surface area contributed by atoms with Crippen molar-refractivity contribution in [2.24, 2.45) is 0 Å². The standard InChI is InChI=1S/C13H20N2O2/c1-3-15-12(9-10(2)14-15)13(16)7-6-11-5-4-8-17-11/h9,11H,3-8H2,1-2H3. The lowest BCUT2D eigenvalue weighted by molar-refractivity contribution is 0.0852. The smallest absolute Gasteiger partial charge is 0.180 e. The first-order valence-electron chi connectivity index (χ1n) is 6.40. The lowest BCUT2D eigenvalue weighted by Gasteiger charge is -2.08. The Morgan fingerprint density at radius 3 is 3.12 bits per heavy atom. The molecule has 0 spiro atoms. The fourth-order valence-electron chi connectivity index (χ4n) is 2.30. The van der Waals surface area contributed by atoms with Crippen molar-refractivity contribution < 1.29 is 9.53 Å². The summed E-state index contributed by atoms with van der Waals surface area (Å²) in [5.41, 5.74) is 1.65. The Bertz CT molecular complexity index is 392. The molecule has 2 rings (SSSR count). The molecular formula is C13H20N2O2. The van der Waals surface area contributed by atoms with Gasteiger partial charge in [-0.15, -0.1) is 0 Å². The Kier molecular flexibility index (Phi) is 3.94. The number of ether oxygens (including phenoxy) is 1. The molecule has 4 nitrogen and oxygen atoms in total. The number of Topliss-reactive ketones (excluding diaryl/α,β-unsaturated/α-hetero) is 1. The molecule has 1 atom stereocenters. The van der Waals surface area contributed by atoms with E-state index in [9.17, 15) is 4.79 Å². The number of ketones is 1. The molecule has 1 aromatic rings. The maximum absolute atomic E-state index is 12.1. The van der Waals surface area contributed by atoms with E-state index in [2.05, 4.69) is 5.10 Å². The quantitative estimate of drug-likeness (QED) is 0.737. The Morgan fingerprint density at radius 2 is 2.47 bits per heavy atom. The monoisotopic (exact) mass is 236 g/mol. The molecule has 1 saturated heterocycles. The first-order chi connectivity index (χ1) is 8.20. The number of rotatable bonds is 5. The SMILES string of the molecule is CCn1nc(C)cc1C(=O)CCC1CCCO1. The molecule has 94 valence electrons. The summed E-state index contributed by atoms with van der Waals surface area (Å²) in [7, 11) is 0. The van der Waals surface area contributed by atoms with Crippen LogP contribution in [0.25, 0.3) is 0 Å². The number of hydrogen-bond donors (Lipinski definition) is 0. The molecule has 0 saturated carbocycles. The number of aryl methyl sites for hydroxylation is 2. The minimum absolute atomic E-state index is 0.183. The second-order valence-corrected chi connectivity index (χ2v) is 4.58. The van der Waals surface area contributed by atoms with Crippen LogP contribution < -0.4 is 0 Å². The summed E-state index contributed by atoms with van der Waals surface area (Å²) in [6, 6.07) is 1.88. The van der Waals surface area contributed by atoms with Gasteiger partial charge in [0, 0.05) is 19.6 Å². The van der Waals surface area contributed by atoms with Gasteiger partial charge in [-0.25, -0.2) is 0 Å². The third-order valence-corrected chi connectivity index (χ3v) is 3.20. The first-order valence-corrected chi connectivity index (χ1v) is 6.40. The van der Waals surface area contributed by atoms with Crippen LogP contribution in [0.4, 0.5) is 0 Å². The van der Waals surface area contributed by atoms with Gasteiger partial charge in [0.25, 0.3) is 0 Å². The van der Waals surface area contributed by atoms with Crippen molar-refractivity contribution in [2.45, 2.75) is 52.2 Å². The van der Waals surface area contributed by atoms with Gasteiger partial charge in [-0.2, -0.15) is 5.10 Å². The zero-order valence-corrected chi connectivity index (χ0v) is 10.6. The van der Waals surface area contributed by atoms with Gasteiger partial charge >= 0.3 is 0 Å². The molecule has 4 heteroatoms. The summed E-state index contributed by atoms with van der Waals surface area (Å²) >= 11 is 0. The van der Waals surface area contributed by atoms with Crippen molar-refractivity contribution >= 4 is 5.78 Å². The van der Waals surface area contributed by atoms with E-state index in [-0.39, 0.29) is 11.9 Å². The van der Waals surface area contributed by atoms with E-state index in [4.69, 9.17) is 4.74 Å². The van der Waals surface area contributed by atoms with E-state index in [1.165, 1.54) is 0 Å². The molecule has 1 aliphatic rings. The Hall–Kier alpha value is -1.16. The summed E-state index contributed by atoms with van der Waals surface area (Å²) in [6.45, 7) is 5.52. The largest absolute Gasteiger partial charge is 0.378 e. The van der Waals surface area contributed by atoms with Crippen LogP contribution in [-0.2, 0) is 11.3 Å². The molecule has 17 heavy (non-hydrogen) atoms. The fraction of sp³-hybridized carbons (Fsp3) is 0.692. The van der Waals surface area contributed by atoms with Crippen LogP contribution in [0, 0.1) is 6.92 Å². The first kappa shape index (κ1) is 12.3. The molecular weight excluding hydrogens is 216 g/mol. The highest BCUT2D eigenvalue weighted by Crippen LogP contribution is 2.18. The molecule has 1 aliphatic heterocycles. The average molecular weight is 236 g/mol. The maximum atomic E-state index is 12.1. The van der Waals surface area contributed by atoms with Gasteiger partial charge in [-0.05, 0) is 39.2 Å². The third kappa shape index (κ3) is 2.94. The van der Waals surface area contributed by atoms with Crippen LogP contribution in [0.1, 0.15) is 48.8 Å². The molecule has 0 aromatic carbocycles. The van der Waals surface area contributed by atoms with Gasteiger partial charge in [-0.1, -0.05) is 0 Å². The lowest BCUT2D eigenvalue weighted by atomic mass is 10.1. The minimum atomic E-state index is 0.183. The van der Waals surface area contributed by atoms with E-state index < -0.39 is 0 Å². The van der Waals surface area contributed by atoms with Crippen molar-refractivity contribution in [3.05, 3.63) is 17.5 Å². The van der Waals surface area contributed by atoms with Crippen molar-refractivity contribution in [3.63, 3.8) is 0 Å². The highest BCUT2D eigenvalue weighted by molar-refractivity contribution is 5.94. The summed E-state index contributed by atoms with van der Waals surface area (Å²) in [5.74, 6) is 0.183. The van der Waals surface area contributed by atoms with Gasteiger partial charge in [-0.3, -0.25) is 9.48 Å². The predicted molar refractivity (Wildman–Crippen MR) is 65.2 cm³/mol. The van der Waals surface area contributed by atoms with E-state index in [0.29, 0.717) is 6.42 Å². The maximum Gasteiger partial charge on any atom is 0.180 e.